The Morgan fingerprint density at radius 1 is 1.39 bits per heavy atom. The van der Waals surface area contributed by atoms with Crippen molar-refractivity contribution in [1.82, 2.24) is 4.98 Å². The molecule has 0 radical (unpaired) electrons. The average Bonchev–Trinajstić information content (AvgIpc) is 2.78. The van der Waals surface area contributed by atoms with Crippen LogP contribution in [0.4, 0.5) is 5.13 Å². The number of anilines is 1. The van der Waals surface area contributed by atoms with Gasteiger partial charge in [0.1, 0.15) is 0 Å². The van der Waals surface area contributed by atoms with Gasteiger partial charge in [0.15, 0.2) is 11.4 Å². The van der Waals surface area contributed by atoms with E-state index in [2.05, 4.69) is 23.7 Å². The van der Waals surface area contributed by atoms with Crippen molar-refractivity contribution in [3.8, 4) is 0 Å². The summed E-state index contributed by atoms with van der Waals surface area (Å²) in [5.74, 6) is 0. The van der Waals surface area contributed by atoms with Crippen LogP contribution < -0.4 is 4.90 Å². The van der Waals surface area contributed by atoms with E-state index in [1.165, 1.54) is 11.3 Å². The molecule has 4 nitrogen and oxygen atoms in total. The van der Waals surface area contributed by atoms with E-state index in [1.54, 1.807) is 0 Å². The number of rotatable bonds is 9. The van der Waals surface area contributed by atoms with E-state index in [9.17, 15) is 4.79 Å². The molecular weight excluding hydrogens is 248 g/mol. The van der Waals surface area contributed by atoms with E-state index in [0.717, 1.165) is 54.5 Å². The van der Waals surface area contributed by atoms with Crippen LogP contribution in [0, 0.1) is 0 Å². The number of likely N-dealkylation sites (N-methyl/N-ethyl adjacent to an activating group) is 1. The summed E-state index contributed by atoms with van der Waals surface area (Å²) in [6, 6.07) is 0. The van der Waals surface area contributed by atoms with Crippen molar-refractivity contribution in [2.75, 3.05) is 31.2 Å². The quantitative estimate of drug-likeness (QED) is 0.511. The van der Waals surface area contributed by atoms with Crippen LogP contribution in [0.5, 0.6) is 0 Å². The standard InChI is InChI=1S/C13H22N2O2S/c1-4-7-11-12(10-16)18-13(14-11)15(5-2)8-9-17-6-3/h10H,4-9H2,1-3H3. The number of thiazole rings is 1. The van der Waals surface area contributed by atoms with Gasteiger partial charge in [-0.2, -0.15) is 0 Å². The zero-order valence-electron chi connectivity index (χ0n) is 11.4. The largest absolute Gasteiger partial charge is 0.380 e. The van der Waals surface area contributed by atoms with Gasteiger partial charge in [0.05, 0.1) is 17.2 Å². The second-order valence-corrected chi connectivity index (χ2v) is 4.96. The molecule has 0 aliphatic rings. The zero-order chi connectivity index (χ0) is 13.4. The van der Waals surface area contributed by atoms with Crippen LogP contribution in [0.15, 0.2) is 0 Å². The number of hydrogen-bond donors (Lipinski definition) is 0. The van der Waals surface area contributed by atoms with Gasteiger partial charge in [-0.3, -0.25) is 4.79 Å². The van der Waals surface area contributed by atoms with Crippen LogP contribution in [-0.2, 0) is 11.2 Å². The Bertz CT molecular complexity index is 366. The summed E-state index contributed by atoms with van der Waals surface area (Å²) < 4.78 is 5.36. The van der Waals surface area contributed by atoms with Crippen molar-refractivity contribution in [1.29, 1.82) is 0 Å². The van der Waals surface area contributed by atoms with Crippen molar-refractivity contribution in [2.45, 2.75) is 33.6 Å². The van der Waals surface area contributed by atoms with Crippen LogP contribution >= 0.6 is 11.3 Å². The summed E-state index contributed by atoms with van der Waals surface area (Å²) in [6.07, 6.45) is 2.80. The number of nitrogens with zero attached hydrogens (tertiary/aromatic N) is 2. The van der Waals surface area contributed by atoms with E-state index in [4.69, 9.17) is 4.74 Å². The van der Waals surface area contributed by atoms with Crippen molar-refractivity contribution in [3.63, 3.8) is 0 Å². The van der Waals surface area contributed by atoms with Gasteiger partial charge in [0.2, 0.25) is 0 Å². The summed E-state index contributed by atoms with van der Waals surface area (Å²) in [7, 11) is 0. The first-order valence-corrected chi connectivity index (χ1v) is 7.35. The van der Waals surface area contributed by atoms with E-state index in [1.807, 2.05) is 6.92 Å². The molecule has 1 rings (SSSR count). The molecule has 0 aliphatic heterocycles. The van der Waals surface area contributed by atoms with Gasteiger partial charge in [0.25, 0.3) is 0 Å². The molecule has 0 aromatic carbocycles. The summed E-state index contributed by atoms with van der Waals surface area (Å²) >= 11 is 1.48. The molecule has 1 heterocycles. The molecular formula is C13H22N2O2S. The third kappa shape index (κ3) is 4.07. The lowest BCUT2D eigenvalue weighted by molar-refractivity contribution is 0.112. The van der Waals surface area contributed by atoms with Gasteiger partial charge in [-0.1, -0.05) is 24.7 Å². The monoisotopic (exact) mass is 270 g/mol. The molecule has 18 heavy (non-hydrogen) atoms. The molecule has 5 heteroatoms. The number of ether oxygens (including phenoxy) is 1. The second-order valence-electron chi connectivity index (χ2n) is 3.95. The van der Waals surface area contributed by atoms with Gasteiger partial charge < -0.3 is 9.64 Å². The third-order valence-corrected chi connectivity index (χ3v) is 3.76. The second kappa shape index (κ2) is 8.21. The molecule has 1 aromatic rings. The first-order chi connectivity index (χ1) is 8.76. The Hall–Kier alpha value is -0.940. The summed E-state index contributed by atoms with van der Waals surface area (Å²) in [5, 5.41) is 0.933. The molecule has 0 unspecified atom stereocenters. The van der Waals surface area contributed by atoms with Gasteiger partial charge >= 0.3 is 0 Å². The number of aldehydes is 1. The van der Waals surface area contributed by atoms with Crippen molar-refractivity contribution >= 4 is 22.8 Å². The number of carbonyl (C=O) groups is 1. The van der Waals surface area contributed by atoms with Gasteiger partial charge in [-0.15, -0.1) is 0 Å². The van der Waals surface area contributed by atoms with Crippen molar-refractivity contribution in [2.24, 2.45) is 0 Å². The molecule has 1 aromatic heterocycles. The van der Waals surface area contributed by atoms with Crippen LogP contribution in [0.1, 0.15) is 42.6 Å². The van der Waals surface area contributed by atoms with Crippen LogP contribution in [-0.4, -0.2) is 37.6 Å². The van der Waals surface area contributed by atoms with E-state index in [-0.39, 0.29) is 0 Å². The highest BCUT2D eigenvalue weighted by molar-refractivity contribution is 7.17. The summed E-state index contributed by atoms with van der Waals surface area (Å²) in [5.41, 5.74) is 0.933. The SMILES string of the molecule is CCCc1nc(N(CC)CCOCC)sc1C=O. The fourth-order valence-corrected chi connectivity index (χ4v) is 2.72. The van der Waals surface area contributed by atoms with E-state index >= 15 is 0 Å². The third-order valence-electron chi connectivity index (χ3n) is 2.67. The lowest BCUT2D eigenvalue weighted by Gasteiger charge is -2.19. The predicted molar refractivity (Wildman–Crippen MR) is 75.9 cm³/mol. The average molecular weight is 270 g/mol. The van der Waals surface area contributed by atoms with Crippen LogP contribution in [0.3, 0.4) is 0 Å². The molecule has 102 valence electrons. The van der Waals surface area contributed by atoms with Crippen molar-refractivity contribution in [3.05, 3.63) is 10.6 Å². The molecule has 0 aliphatic carbocycles. The molecule has 0 saturated carbocycles. The molecule has 0 fully saturated rings. The predicted octanol–water partition coefficient (Wildman–Crippen LogP) is 2.77. The Balaban J connectivity index is 2.75. The van der Waals surface area contributed by atoms with E-state index < -0.39 is 0 Å². The fourth-order valence-electron chi connectivity index (χ4n) is 1.70. The first kappa shape index (κ1) is 15.1. The maximum Gasteiger partial charge on any atom is 0.186 e. The zero-order valence-corrected chi connectivity index (χ0v) is 12.3. The molecule has 0 saturated heterocycles. The number of aromatic nitrogens is 1. The molecule has 0 bridgehead atoms. The minimum absolute atomic E-state index is 0.698. The lowest BCUT2D eigenvalue weighted by atomic mass is 10.2. The maximum atomic E-state index is 11.0. The highest BCUT2D eigenvalue weighted by Gasteiger charge is 2.14. The lowest BCUT2D eigenvalue weighted by Crippen LogP contribution is -2.27. The van der Waals surface area contributed by atoms with Gasteiger partial charge in [0, 0.05) is 19.7 Å². The van der Waals surface area contributed by atoms with E-state index in [0.29, 0.717) is 6.61 Å². The molecule has 0 N–H and O–H groups in total. The molecule has 0 atom stereocenters. The Kier molecular flexibility index (Phi) is 6.90. The number of carbonyl (C=O) groups excluding carboxylic acids is 1. The normalized spacial score (nSPS) is 10.6. The number of hydrogen-bond acceptors (Lipinski definition) is 5. The number of aryl methyl sites for hydroxylation is 1. The minimum atomic E-state index is 0.698. The summed E-state index contributed by atoms with van der Waals surface area (Å²) in [6.45, 7) is 9.31. The maximum absolute atomic E-state index is 11.0. The van der Waals surface area contributed by atoms with Gasteiger partial charge in [-0.05, 0) is 20.3 Å². The van der Waals surface area contributed by atoms with Crippen LogP contribution in [0.2, 0.25) is 0 Å². The topological polar surface area (TPSA) is 42.4 Å². The van der Waals surface area contributed by atoms with Crippen LogP contribution in [0.25, 0.3) is 0 Å². The summed E-state index contributed by atoms with van der Waals surface area (Å²) in [4.78, 5) is 18.5. The van der Waals surface area contributed by atoms with Crippen molar-refractivity contribution < 1.29 is 9.53 Å². The Labute approximate surface area is 113 Å². The smallest absolute Gasteiger partial charge is 0.186 e. The first-order valence-electron chi connectivity index (χ1n) is 6.54. The van der Waals surface area contributed by atoms with Gasteiger partial charge in [-0.25, -0.2) is 4.98 Å². The molecule has 0 spiro atoms. The highest BCUT2D eigenvalue weighted by atomic mass is 32.1. The highest BCUT2D eigenvalue weighted by Crippen LogP contribution is 2.25. The molecule has 0 amide bonds. The fraction of sp³-hybridized carbons (Fsp3) is 0.692. The Morgan fingerprint density at radius 2 is 2.17 bits per heavy atom. The Morgan fingerprint density at radius 3 is 2.72 bits per heavy atom. The minimum Gasteiger partial charge on any atom is -0.380 e.